The summed E-state index contributed by atoms with van der Waals surface area (Å²) in [6.07, 6.45) is 5.05. The van der Waals surface area contributed by atoms with E-state index in [2.05, 4.69) is 69.3 Å². The van der Waals surface area contributed by atoms with Gasteiger partial charge in [-0.25, -0.2) is 4.68 Å². The van der Waals surface area contributed by atoms with Gasteiger partial charge in [-0.3, -0.25) is 0 Å². The van der Waals surface area contributed by atoms with Crippen LogP contribution in [0.25, 0.3) is 0 Å². The molecule has 1 aromatic carbocycles. The fourth-order valence-corrected chi connectivity index (χ4v) is 4.77. The predicted molar refractivity (Wildman–Crippen MR) is 102 cm³/mol. The van der Waals surface area contributed by atoms with Crippen LogP contribution in [0.2, 0.25) is 0 Å². The number of para-hydroxylation sites is 1. The Morgan fingerprint density at radius 3 is 2.38 bits per heavy atom. The lowest BCUT2D eigenvalue weighted by atomic mass is 10.00. The van der Waals surface area contributed by atoms with Gasteiger partial charge in [0.1, 0.15) is 0 Å². The van der Waals surface area contributed by atoms with Crippen molar-refractivity contribution in [2.75, 3.05) is 31.1 Å². The maximum Gasteiger partial charge on any atom is 0.209 e. The number of piperazine rings is 1. The van der Waals surface area contributed by atoms with E-state index in [9.17, 15) is 0 Å². The molecule has 2 aliphatic rings. The van der Waals surface area contributed by atoms with E-state index in [1.807, 2.05) is 0 Å². The summed E-state index contributed by atoms with van der Waals surface area (Å²) in [7, 11) is 0. The third-order valence-electron chi connectivity index (χ3n) is 6.10. The van der Waals surface area contributed by atoms with E-state index in [-0.39, 0.29) is 0 Å². The van der Waals surface area contributed by atoms with Gasteiger partial charge in [0.15, 0.2) is 6.04 Å². The van der Waals surface area contributed by atoms with Crippen molar-refractivity contribution in [1.82, 2.24) is 20.2 Å². The van der Waals surface area contributed by atoms with Crippen molar-refractivity contribution in [2.24, 2.45) is 5.92 Å². The zero-order chi connectivity index (χ0) is 17.9. The second-order valence-corrected chi connectivity index (χ2v) is 8.12. The Bertz CT molecular complexity index is 683. The molecule has 1 aromatic heterocycles. The molecule has 0 spiro atoms. The molecule has 0 bridgehead atoms. The number of anilines is 1. The average molecular weight is 356 g/mol. The highest BCUT2D eigenvalue weighted by atomic mass is 15.6. The Labute approximate surface area is 156 Å². The molecule has 0 radical (unpaired) electrons. The van der Waals surface area contributed by atoms with Gasteiger partial charge in [-0.15, -0.1) is 5.10 Å². The van der Waals surface area contributed by atoms with Gasteiger partial charge in [0.05, 0.1) is 32.2 Å². The highest BCUT2D eigenvalue weighted by Gasteiger charge is 2.36. The molecular formula is C20H31N6+. The molecule has 0 unspecified atom stereocenters. The first kappa shape index (κ1) is 17.5. The smallest absolute Gasteiger partial charge is 0.209 e. The number of quaternary nitrogens is 1. The van der Waals surface area contributed by atoms with Crippen molar-refractivity contribution in [2.45, 2.75) is 51.6 Å². The molecule has 0 amide bonds. The van der Waals surface area contributed by atoms with E-state index in [0.29, 0.717) is 18.0 Å². The number of aromatic nitrogens is 4. The standard InChI is InChI=1S/C20H30N6/c1-16(2)19(20-21-22-23-26(20)18-10-6-7-11-18)25-14-12-24(13-15-25)17-8-4-3-5-9-17/h3-5,8-9,16,18-19H,6-7,10-15H2,1-2H3/p+1/t19-/m0/s1. The maximum atomic E-state index is 4.50. The summed E-state index contributed by atoms with van der Waals surface area (Å²) in [5.74, 6) is 1.63. The summed E-state index contributed by atoms with van der Waals surface area (Å²) >= 11 is 0. The summed E-state index contributed by atoms with van der Waals surface area (Å²) in [4.78, 5) is 4.13. The first-order valence-electron chi connectivity index (χ1n) is 10.2. The summed E-state index contributed by atoms with van der Waals surface area (Å²) in [6, 6.07) is 11.7. The number of rotatable bonds is 5. The molecule has 26 heavy (non-hydrogen) atoms. The highest BCUT2D eigenvalue weighted by Crippen LogP contribution is 2.31. The van der Waals surface area contributed by atoms with Crippen molar-refractivity contribution >= 4 is 5.69 Å². The van der Waals surface area contributed by atoms with Gasteiger partial charge in [0.2, 0.25) is 5.82 Å². The molecule has 4 rings (SSSR count). The molecule has 1 aliphatic heterocycles. The Morgan fingerprint density at radius 1 is 1.04 bits per heavy atom. The zero-order valence-corrected chi connectivity index (χ0v) is 16.0. The van der Waals surface area contributed by atoms with Gasteiger partial charge >= 0.3 is 0 Å². The highest BCUT2D eigenvalue weighted by molar-refractivity contribution is 5.46. The molecule has 6 nitrogen and oxygen atoms in total. The van der Waals surface area contributed by atoms with Crippen molar-refractivity contribution in [3.8, 4) is 0 Å². The molecule has 6 heteroatoms. The summed E-state index contributed by atoms with van der Waals surface area (Å²) in [5, 5.41) is 13.0. The number of nitrogens with one attached hydrogen (secondary N) is 1. The average Bonchev–Trinajstić information content (AvgIpc) is 3.34. The molecule has 1 atom stereocenters. The first-order valence-corrected chi connectivity index (χ1v) is 10.2. The fraction of sp³-hybridized carbons (Fsp3) is 0.650. The molecule has 1 saturated carbocycles. The number of nitrogens with zero attached hydrogens (tertiary/aromatic N) is 5. The van der Waals surface area contributed by atoms with E-state index in [1.165, 1.54) is 31.4 Å². The monoisotopic (exact) mass is 355 g/mol. The lowest BCUT2D eigenvalue weighted by Gasteiger charge is -2.38. The van der Waals surface area contributed by atoms with Crippen LogP contribution < -0.4 is 9.80 Å². The number of tetrazole rings is 1. The topological polar surface area (TPSA) is 51.3 Å². The second kappa shape index (κ2) is 7.74. The van der Waals surface area contributed by atoms with Gasteiger partial charge < -0.3 is 9.80 Å². The van der Waals surface area contributed by atoms with Crippen molar-refractivity contribution in [3.63, 3.8) is 0 Å². The van der Waals surface area contributed by atoms with Crippen molar-refractivity contribution < 1.29 is 4.90 Å². The molecule has 2 fully saturated rings. The molecule has 140 valence electrons. The molecule has 2 aromatic rings. The molecular weight excluding hydrogens is 324 g/mol. The minimum Gasteiger partial charge on any atom is -0.360 e. The van der Waals surface area contributed by atoms with E-state index >= 15 is 0 Å². The quantitative estimate of drug-likeness (QED) is 0.890. The minimum atomic E-state index is 0.378. The van der Waals surface area contributed by atoms with Crippen LogP contribution in [0.3, 0.4) is 0 Å². The number of benzene rings is 1. The summed E-state index contributed by atoms with van der Waals surface area (Å²) < 4.78 is 2.16. The lowest BCUT2D eigenvalue weighted by molar-refractivity contribution is -0.937. The Kier molecular flexibility index (Phi) is 5.20. The van der Waals surface area contributed by atoms with E-state index < -0.39 is 0 Å². The first-order chi connectivity index (χ1) is 12.7. The molecule has 2 heterocycles. The normalized spacial score (nSPS) is 20.8. The Morgan fingerprint density at radius 2 is 1.73 bits per heavy atom. The van der Waals surface area contributed by atoms with E-state index in [4.69, 9.17) is 0 Å². The largest absolute Gasteiger partial charge is 0.360 e. The second-order valence-electron chi connectivity index (χ2n) is 8.12. The molecule has 1 aliphatic carbocycles. The van der Waals surface area contributed by atoms with Gasteiger partial charge in [0.25, 0.3) is 0 Å². The van der Waals surface area contributed by atoms with Crippen LogP contribution in [-0.2, 0) is 0 Å². The Hall–Kier alpha value is -1.95. The van der Waals surface area contributed by atoms with Crippen LogP contribution in [0.1, 0.15) is 57.4 Å². The van der Waals surface area contributed by atoms with E-state index in [0.717, 1.165) is 32.0 Å². The number of hydrogen-bond donors (Lipinski definition) is 1. The Balaban J connectivity index is 1.49. The van der Waals surface area contributed by atoms with Gasteiger partial charge in [0, 0.05) is 11.6 Å². The van der Waals surface area contributed by atoms with Crippen LogP contribution in [0.15, 0.2) is 30.3 Å². The SMILES string of the molecule is CC(C)[C@@H](c1nnnn1C1CCCC1)[NH+]1CCN(c2ccccc2)CC1. The van der Waals surface area contributed by atoms with Crippen LogP contribution >= 0.6 is 0 Å². The fourth-order valence-electron chi connectivity index (χ4n) is 4.77. The third-order valence-corrected chi connectivity index (χ3v) is 6.10. The minimum absolute atomic E-state index is 0.378. The predicted octanol–water partition coefficient (Wildman–Crippen LogP) is 1.89. The zero-order valence-electron chi connectivity index (χ0n) is 16.0. The van der Waals surface area contributed by atoms with Crippen molar-refractivity contribution in [1.29, 1.82) is 0 Å². The van der Waals surface area contributed by atoms with Gasteiger partial charge in [-0.2, -0.15) is 0 Å². The van der Waals surface area contributed by atoms with E-state index in [1.54, 1.807) is 4.90 Å². The summed E-state index contributed by atoms with van der Waals surface area (Å²) in [5.41, 5.74) is 1.34. The van der Waals surface area contributed by atoms with Crippen LogP contribution in [-0.4, -0.2) is 46.4 Å². The third kappa shape index (κ3) is 3.47. The summed E-state index contributed by atoms with van der Waals surface area (Å²) in [6.45, 7) is 9.08. The maximum absolute atomic E-state index is 4.50. The molecule has 1 N–H and O–H groups in total. The van der Waals surface area contributed by atoms with Crippen LogP contribution in [0.4, 0.5) is 5.69 Å². The van der Waals surface area contributed by atoms with Crippen LogP contribution in [0, 0.1) is 5.92 Å². The van der Waals surface area contributed by atoms with Crippen molar-refractivity contribution in [3.05, 3.63) is 36.2 Å². The van der Waals surface area contributed by atoms with Gasteiger partial charge in [-0.05, 0) is 35.4 Å². The van der Waals surface area contributed by atoms with Crippen LogP contribution in [0.5, 0.6) is 0 Å². The lowest BCUT2D eigenvalue weighted by Crippen LogP contribution is -3.15. The van der Waals surface area contributed by atoms with Gasteiger partial charge in [-0.1, -0.05) is 44.9 Å². The number of hydrogen-bond acceptors (Lipinski definition) is 4. The molecule has 1 saturated heterocycles.